The molecule has 2 N–H and O–H groups in total. The molecule has 0 aliphatic rings. The Morgan fingerprint density at radius 3 is 2.81 bits per heavy atom. The summed E-state index contributed by atoms with van der Waals surface area (Å²) in [6.45, 7) is 5.33. The molecule has 0 fully saturated rings. The molecule has 0 saturated heterocycles. The summed E-state index contributed by atoms with van der Waals surface area (Å²) in [7, 11) is 0. The van der Waals surface area contributed by atoms with Crippen LogP contribution in [0.25, 0.3) is 0 Å². The molecule has 2 aromatic carbocycles. The average molecular weight is 447 g/mol. The van der Waals surface area contributed by atoms with E-state index in [0.29, 0.717) is 17.9 Å². The molecule has 0 aliphatic carbocycles. The van der Waals surface area contributed by atoms with Crippen molar-refractivity contribution in [3.05, 3.63) is 74.2 Å². The third-order valence-corrected chi connectivity index (χ3v) is 5.08. The molecule has 0 bridgehead atoms. The highest BCUT2D eigenvalue weighted by Gasteiger charge is 2.09. The van der Waals surface area contributed by atoms with Crippen LogP contribution in [0, 0.1) is 11.7 Å². The maximum absolute atomic E-state index is 6.12. The third kappa shape index (κ3) is 4.99. The number of benzene rings is 2. The number of aryl methyl sites for hydroxylation is 2. The van der Waals surface area contributed by atoms with Gasteiger partial charge in [0.2, 0.25) is 4.77 Å². The highest BCUT2D eigenvalue weighted by Crippen LogP contribution is 2.25. The summed E-state index contributed by atoms with van der Waals surface area (Å²) in [5.41, 5.74) is 6.81. The standard InChI is InChI=1S/C20H23BrN4OS/c1-3-6-19-23-24-20(27)25(19)22-12-16-11-17(21)9-10-18(16)26-13-15-8-5-4-7-14(15)2/h4-5,7-11,22H,3,6,12-13H2,1-2H3,(H,24,27). The van der Waals surface area contributed by atoms with Crippen LogP contribution in [-0.2, 0) is 19.6 Å². The molecule has 0 unspecified atom stereocenters. The molecule has 27 heavy (non-hydrogen) atoms. The van der Waals surface area contributed by atoms with Crippen molar-refractivity contribution in [3.63, 3.8) is 0 Å². The van der Waals surface area contributed by atoms with E-state index in [1.165, 1.54) is 11.1 Å². The van der Waals surface area contributed by atoms with Crippen molar-refractivity contribution in [1.29, 1.82) is 0 Å². The van der Waals surface area contributed by atoms with E-state index in [1.54, 1.807) is 0 Å². The number of nitrogens with zero attached hydrogens (tertiary/aromatic N) is 2. The molecular formula is C20H23BrN4OS. The van der Waals surface area contributed by atoms with Gasteiger partial charge in [0.1, 0.15) is 12.4 Å². The second-order valence-electron chi connectivity index (χ2n) is 6.33. The first-order chi connectivity index (χ1) is 13.1. The normalized spacial score (nSPS) is 10.8. The summed E-state index contributed by atoms with van der Waals surface area (Å²) in [6.07, 6.45) is 1.86. The van der Waals surface area contributed by atoms with Crippen molar-refractivity contribution < 1.29 is 4.74 Å². The second-order valence-corrected chi connectivity index (χ2v) is 7.63. The summed E-state index contributed by atoms with van der Waals surface area (Å²) >= 11 is 8.88. The average Bonchev–Trinajstić information content (AvgIpc) is 3.00. The van der Waals surface area contributed by atoms with Gasteiger partial charge in [0.25, 0.3) is 0 Å². The van der Waals surface area contributed by atoms with Gasteiger partial charge in [-0.15, -0.1) is 0 Å². The third-order valence-electron chi connectivity index (χ3n) is 4.31. The molecule has 0 aliphatic heterocycles. The van der Waals surface area contributed by atoms with E-state index in [1.807, 2.05) is 28.9 Å². The zero-order chi connectivity index (χ0) is 19.2. The lowest BCUT2D eigenvalue weighted by Crippen LogP contribution is -2.18. The van der Waals surface area contributed by atoms with Crippen molar-refractivity contribution in [2.75, 3.05) is 5.43 Å². The van der Waals surface area contributed by atoms with Crippen LogP contribution >= 0.6 is 28.1 Å². The number of H-pyrrole nitrogens is 1. The van der Waals surface area contributed by atoms with Crippen LogP contribution in [0.5, 0.6) is 5.75 Å². The van der Waals surface area contributed by atoms with Crippen molar-refractivity contribution in [2.45, 2.75) is 39.8 Å². The maximum Gasteiger partial charge on any atom is 0.214 e. The minimum absolute atomic E-state index is 0.535. The van der Waals surface area contributed by atoms with Gasteiger partial charge in [-0.05, 0) is 54.9 Å². The zero-order valence-electron chi connectivity index (χ0n) is 15.5. The Kier molecular flexibility index (Phi) is 6.68. The monoisotopic (exact) mass is 446 g/mol. The first kappa shape index (κ1) is 19.6. The van der Waals surface area contributed by atoms with Crippen LogP contribution in [0.2, 0.25) is 0 Å². The van der Waals surface area contributed by atoms with Crippen molar-refractivity contribution in [3.8, 4) is 5.75 Å². The quantitative estimate of drug-likeness (QED) is 0.461. The summed E-state index contributed by atoms with van der Waals surface area (Å²) in [5.74, 6) is 1.75. The maximum atomic E-state index is 6.12. The molecule has 0 radical (unpaired) electrons. The van der Waals surface area contributed by atoms with Crippen LogP contribution < -0.4 is 10.2 Å². The van der Waals surface area contributed by atoms with Gasteiger partial charge in [-0.25, -0.2) is 4.68 Å². The Hall–Kier alpha value is -2.12. The topological polar surface area (TPSA) is 54.9 Å². The lowest BCUT2D eigenvalue weighted by molar-refractivity contribution is 0.302. The SMILES string of the molecule is CCCc1n[nH]c(=S)n1NCc1cc(Br)ccc1OCc1ccccc1C. The number of hydrogen-bond donors (Lipinski definition) is 2. The molecule has 0 atom stereocenters. The summed E-state index contributed by atoms with van der Waals surface area (Å²) in [6, 6.07) is 14.3. The van der Waals surface area contributed by atoms with Gasteiger partial charge in [-0.3, -0.25) is 5.10 Å². The Labute approximate surface area is 172 Å². The number of aromatic amines is 1. The lowest BCUT2D eigenvalue weighted by Gasteiger charge is -2.15. The Balaban J connectivity index is 1.76. The minimum atomic E-state index is 0.535. The molecule has 0 saturated carbocycles. The number of halogens is 1. The summed E-state index contributed by atoms with van der Waals surface area (Å²) in [4.78, 5) is 0. The number of aromatic nitrogens is 3. The van der Waals surface area contributed by atoms with E-state index >= 15 is 0 Å². The van der Waals surface area contributed by atoms with Gasteiger partial charge >= 0.3 is 0 Å². The van der Waals surface area contributed by atoms with Crippen LogP contribution in [0.4, 0.5) is 0 Å². The fourth-order valence-electron chi connectivity index (χ4n) is 2.80. The summed E-state index contributed by atoms with van der Waals surface area (Å²) < 4.78 is 9.53. The van der Waals surface area contributed by atoms with E-state index in [-0.39, 0.29) is 0 Å². The molecule has 5 nitrogen and oxygen atoms in total. The minimum Gasteiger partial charge on any atom is -0.489 e. The molecular weight excluding hydrogens is 424 g/mol. The van der Waals surface area contributed by atoms with E-state index < -0.39 is 0 Å². The van der Waals surface area contributed by atoms with E-state index in [0.717, 1.165) is 34.5 Å². The number of hydrogen-bond acceptors (Lipinski definition) is 4. The van der Waals surface area contributed by atoms with Crippen molar-refractivity contribution >= 4 is 28.1 Å². The Bertz CT molecular complexity index is 967. The van der Waals surface area contributed by atoms with Crippen LogP contribution in [-0.4, -0.2) is 14.9 Å². The lowest BCUT2D eigenvalue weighted by atomic mass is 10.1. The fraction of sp³-hybridized carbons (Fsp3) is 0.300. The Morgan fingerprint density at radius 2 is 2.04 bits per heavy atom. The van der Waals surface area contributed by atoms with Gasteiger partial charge in [-0.1, -0.05) is 47.1 Å². The molecule has 0 amide bonds. The first-order valence-corrected chi connectivity index (χ1v) is 10.1. The van der Waals surface area contributed by atoms with E-state index in [4.69, 9.17) is 17.0 Å². The van der Waals surface area contributed by atoms with Gasteiger partial charge in [-0.2, -0.15) is 5.10 Å². The summed E-state index contributed by atoms with van der Waals surface area (Å²) in [5, 5.41) is 7.14. The van der Waals surface area contributed by atoms with Crippen LogP contribution in [0.15, 0.2) is 46.9 Å². The fourth-order valence-corrected chi connectivity index (χ4v) is 3.43. The molecule has 7 heteroatoms. The molecule has 1 heterocycles. The number of nitrogens with one attached hydrogen (secondary N) is 2. The highest BCUT2D eigenvalue weighted by molar-refractivity contribution is 9.10. The highest BCUT2D eigenvalue weighted by atomic mass is 79.9. The van der Waals surface area contributed by atoms with E-state index in [9.17, 15) is 0 Å². The Morgan fingerprint density at radius 1 is 1.22 bits per heavy atom. The molecule has 3 rings (SSSR count). The van der Waals surface area contributed by atoms with Gasteiger partial charge < -0.3 is 10.2 Å². The second kappa shape index (κ2) is 9.19. The predicted molar refractivity (Wildman–Crippen MR) is 114 cm³/mol. The van der Waals surface area contributed by atoms with Crippen LogP contribution in [0.1, 0.15) is 35.9 Å². The number of ether oxygens (including phenoxy) is 1. The number of rotatable bonds is 8. The van der Waals surface area contributed by atoms with Crippen molar-refractivity contribution in [1.82, 2.24) is 14.9 Å². The first-order valence-electron chi connectivity index (χ1n) is 8.94. The predicted octanol–water partition coefficient (Wildman–Crippen LogP) is 5.29. The molecule has 1 aromatic heterocycles. The van der Waals surface area contributed by atoms with Gasteiger partial charge in [0.05, 0.1) is 6.54 Å². The largest absolute Gasteiger partial charge is 0.489 e. The van der Waals surface area contributed by atoms with Crippen molar-refractivity contribution in [2.24, 2.45) is 0 Å². The molecule has 0 spiro atoms. The van der Waals surface area contributed by atoms with Gasteiger partial charge in [0.15, 0.2) is 5.82 Å². The molecule has 3 aromatic rings. The zero-order valence-corrected chi connectivity index (χ0v) is 17.9. The van der Waals surface area contributed by atoms with Gasteiger partial charge in [0, 0.05) is 16.5 Å². The van der Waals surface area contributed by atoms with E-state index in [2.05, 4.69) is 63.6 Å². The smallest absolute Gasteiger partial charge is 0.214 e. The molecule has 142 valence electrons. The van der Waals surface area contributed by atoms with Crippen LogP contribution in [0.3, 0.4) is 0 Å².